The second-order valence-electron chi connectivity index (χ2n) is 3.54. The van der Waals surface area contributed by atoms with Gasteiger partial charge >= 0.3 is 0 Å². The summed E-state index contributed by atoms with van der Waals surface area (Å²) in [6.45, 7) is 1.78. The molecule has 0 radical (unpaired) electrons. The number of sulfonamides is 1. The highest BCUT2D eigenvalue weighted by atomic mass is 35.5. The second-order valence-corrected chi connectivity index (χ2v) is 6.02. The van der Waals surface area contributed by atoms with Crippen LogP contribution < -0.4 is 4.72 Å². The summed E-state index contributed by atoms with van der Waals surface area (Å²) in [5, 5.41) is -0.199. The lowest BCUT2D eigenvalue weighted by atomic mass is 10.3. The van der Waals surface area contributed by atoms with Gasteiger partial charge in [0.2, 0.25) is 10.0 Å². The molecule has 7 heteroatoms. The van der Waals surface area contributed by atoms with E-state index in [9.17, 15) is 17.2 Å². The van der Waals surface area contributed by atoms with Crippen molar-refractivity contribution < 1.29 is 17.2 Å². The second kappa shape index (κ2) is 5.75. The van der Waals surface area contributed by atoms with Gasteiger partial charge in [-0.2, -0.15) is 0 Å². The maximum atomic E-state index is 13.2. The van der Waals surface area contributed by atoms with Crippen LogP contribution in [0.15, 0.2) is 23.1 Å². The predicted octanol–water partition coefficient (Wildman–Crippen LogP) is 2.26. The number of alkyl halides is 1. The topological polar surface area (TPSA) is 46.2 Å². The molecule has 3 nitrogen and oxygen atoms in total. The number of benzene rings is 1. The minimum atomic E-state index is -4.03. The molecule has 1 unspecified atom stereocenters. The molecule has 0 heterocycles. The van der Waals surface area contributed by atoms with Gasteiger partial charge < -0.3 is 0 Å². The Balaban J connectivity index is 2.86. The van der Waals surface area contributed by atoms with Crippen LogP contribution in [0.5, 0.6) is 0 Å². The van der Waals surface area contributed by atoms with Crippen LogP contribution in [0.4, 0.5) is 8.78 Å². The Kier molecular flexibility index (Phi) is 4.85. The fourth-order valence-electron chi connectivity index (χ4n) is 1.15. The zero-order valence-electron chi connectivity index (χ0n) is 9.08. The summed E-state index contributed by atoms with van der Waals surface area (Å²) in [4.78, 5) is -0.695. The van der Waals surface area contributed by atoms with Crippen LogP contribution in [-0.2, 0) is 10.0 Å². The average Bonchev–Trinajstić information content (AvgIpc) is 2.20. The monoisotopic (exact) mass is 283 g/mol. The molecule has 1 aromatic rings. The normalized spacial score (nSPS) is 13.6. The largest absolute Gasteiger partial charge is 0.243 e. The van der Waals surface area contributed by atoms with E-state index < -0.39 is 26.6 Å². The molecule has 0 aliphatic heterocycles. The van der Waals surface area contributed by atoms with Crippen LogP contribution in [0.3, 0.4) is 0 Å². The maximum Gasteiger partial charge on any atom is 0.243 e. The van der Waals surface area contributed by atoms with E-state index in [4.69, 9.17) is 11.6 Å². The van der Waals surface area contributed by atoms with Crippen LogP contribution in [0.25, 0.3) is 0 Å². The number of rotatable bonds is 5. The molecular formula is C10H12ClF2NO2S. The Morgan fingerprint density at radius 2 is 2.06 bits per heavy atom. The van der Waals surface area contributed by atoms with E-state index in [1.54, 1.807) is 6.92 Å². The van der Waals surface area contributed by atoms with Gasteiger partial charge in [-0.25, -0.2) is 21.9 Å². The van der Waals surface area contributed by atoms with Crippen molar-refractivity contribution in [1.29, 1.82) is 0 Å². The van der Waals surface area contributed by atoms with Crippen LogP contribution >= 0.6 is 11.6 Å². The SMILES string of the molecule is CC(Cl)CCNS(=O)(=O)c1cc(F)ccc1F. The minimum Gasteiger partial charge on any atom is -0.211 e. The van der Waals surface area contributed by atoms with E-state index in [-0.39, 0.29) is 11.9 Å². The Morgan fingerprint density at radius 1 is 1.41 bits per heavy atom. The van der Waals surface area contributed by atoms with E-state index in [2.05, 4.69) is 4.72 Å². The van der Waals surface area contributed by atoms with Gasteiger partial charge in [0.25, 0.3) is 0 Å². The molecule has 0 amide bonds. The molecule has 96 valence electrons. The molecule has 0 aliphatic rings. The summed E-state index contributed by atoms with van der Waals surface area (Å²) in [6, 6.07) is 2.27. The first-order valence-electron chi connectivity index (χ1n) is 4.91. The van der Waals surface area contributed by atoms with Crippen molar-refractivity contribution in [3.63, 3.8) is 0 Å². The number of hydrogen-bond acceptors (Lipinski definition) is 2. The highest BCUT2D eigenvalue weighted by Crippen LogP contribution is 2.15. The lowest BCUT2D eigenvalue weighted by molar-refractivity contribution is 0.544. The van der Waals surface area contributed by atoms with Gasteiger partial charge in [-0.05, 0) is 31.5 Å². The third-order valence-corrected chi connectivity index (χ3v) is 3.71. The summed E-state index contributed by atoms with van der Waals surface area (Å²) >= 11 is 5.64. The van der Waals surface area contributed by atoms with E-state index in [1.165, 1.54) is 0 Å². The minimum absolute atomic E-state index is 0.0724. The molecule has 1 rings (SSSR count). The summed E-state index contributed by atoms with van der Waals surface area (Å²) in [6.07, 6.45) is 0.401. The average molecular weight is 284 g/mol. The lowest BCUT2D eigenvalue weighted by Gasteiger charge is -2.08. The third kappa shape index (κ3) is 4.22. The fraction of sp³-hybridized carbons (Fsp3) is 0.400. The van der Waals surface area contributed by atoms with E-state index >= 15 is 0 Å². The van der Waals surface area contributed by atoms with Crippen molar-refractivity contribution in [2.24, 2.45) is 0 Å². The predicted molar refractivity (Wildman–Crippen MR) is 61.5 cm³/mol. The Morgan fingerprint density at radius 3 is 2.65 bits per heavy atom. The van der Waals surface area contributed by atoms with Crippen molar-refractivity contribution in [3.8, 4) is 0 Å². The Hall–Kier alpha value is -0.720. The van der Waals surface area contributed by atoms with Crippen molar-refractivity contribution in [2.75, 3.05) is 6.54 Å². The molecule has 1 N–H and O–H groups in total. The molecule has 0 saturated heterocycles. The van der Waals surface area contributed by atoms with Crippen LogP contribution in [0.2, 0.25) is 0 Å². The molecule has 17 heavy (non-hydrogen) atoms. The Bertz CT molecular complexity index is 491. The lowest BCUT2D eigenvalue weighted by Crippen LogP contribution is -2.27. The van der Waals surface area contributed by atoms with Crippen LogP contribution in [-0.4, -0.2) is 20.3 Å². The van der Waals surface area contributed by atoms with Crippen molar-refractivity contribution in [3.05, 3.63) is 29.8 Å². The van der Waals surface area contributed by atoms with Gasteiger partial charge in [0, 0.05) is 11.9 Å². The third-order valence-electron chi connectivity index (χ3n) is 2.02. The number of hydrogen-bond donors (Lipinski definition) is 1. The van der Waals surface area contributed by atoms with Crippen molar-refractivity contribution in [2.45, 2.75) is 23.6 Å². The van der Waals surface area contributed by atoms with Crippen LogP contribution in [0, 0.1) is 11.6 Å². The smallest absolute Gasteiger partial charge is 0.211 e. The van der Waals surface area contributed by atoms with Gasteiger partial charge in [0.05, 0.1) is 0 Å². The molecule has 1 atom stereocenters. The van der Waals surface area contributed by atoms with Gasteiger partial charge in [-0.3, -0.25) is 0 Å². The first kappa shape index (κ1) is 14.3. The fourth-order valence-corrected chi connectivity index (χ4v) is 2.40. The number of halogens is 3. The molecule has 0 spiro atoms. The quantitative estimate of drug-likeness (QED) is 0.843. The summed E-state index contributed by atoms with van der Waals surface area (Å²) < 4.78 is 51.5. The van der Waals surface area contributed by atoms with Gasteiger partial charge in [0.1, 0.15) is 16.5 Å². The molecular weight excluding hydrogens is 272 g/mol. The molecule has 0 aliphatic carbocycles. The Labute approximate surface area is 104 Å². The highest BCUT2D eigenvalue weighted by Gasteiger charge is 2.19. The maximum absolute atomic E-state index is 13.2. The first-order valence-corrected chi connectivity index (χ1v) is 6.83. The van der Waals surface area contributed by atoms with Gasteiger partial charge in [0.15, 0.2) is 0 Å². The zero-order chi connectivity index (χ0) is 13.1. The zero-order valence-corrected chi connectivity index (χ0v) is 10.7. The molecule has 0 aromatic heterocycles. The summed E-state index contributed by atoms with van der Waals surface area (Å²) in [5.41, 5.74) is 0. The molecule has 0 bridgehead atoms. The van der Waals surface area contributed by atoms with Crippen molar-refractivity contribution in [1.82, 2.24) is 4.72 Å². The number of nitrogens with one attached hydrogen (secondary N) is 1. The van der Waals surface area contributed by atoms with Gasteiger partial charge in [-0.1, -0.05) is 0 Å². The van der Waals surface area contributed by atoms with Gasteiger partial charge in [-0.15, -0.1) is 11.6 Å². The van der Waals surface area contributed by atoms with Crippen molar-refractivity contribution >= 4 is 21.6 Å². The highest BCUT2D eigenvalue weighted by molar-refractivity contribution is 7.89. The first-order chi connectivity index (χ1) is 7.83. The molecule has 0 fully saturated rings. The summed E-state index contributed by atoms with van der Waals surface area (Å²) in [7, 11) is -4.03. The van der Waals surface area contributed by atoms with E-state index in [0.717, 1.165) is 12.1 Å². The van der Waals surface area contributed by atoms with E-state index in [0.29, 0.717) is 12.5 Å². The molecule has 0 saturated carbocycles. The molecule has 1 aromatic carbocycles. The summed E-state index contributed by atoms with van der Waals surface area (Å²) in [5.74, 6) is -1.80. The van der Waals surface area contributed by atoms with E-state index in [1.807, 2.05) is 0 Å². The van der Waals surface area contributed by atoms with Crippen LogP contribution in [0.1, 0.15) is 13.3 Å². The standard InChI is InChI=1S/C10H12ClF2NO2S/c1-7(11)4-5-14-17(15,16)10-6-8(12)2-3-9(10)13/h2-3,6-7,14H,4-5H2,1H3.